The fraction of sp³-hybridized carbons (Fsp3) is 1.00. The van der Waals surface area contributed by atoms with Crippen molar-refractivity contribution < 1.29 is 5.11 Å². The molecular weight excluding hydrogens is 176 g/mol. The highest BCUT2D eigenvalue weighted by Gasteiger charge is 2.14. The van der Waals surface area contributed by atoms with Crippen LogP contribution in [0.25, 0.3) is 0 Å². The van der Waals surface area contributed by atoms with Crippen molar-refractivity contribution in [2.75, 3.05) is 33.3 Å². The second-order valence-electron chi connectivity index (χ2n) is 4.63. The standard InChI is InChI=1S/C11H24N2O/c1-10(9-14)8-12-11-4-3-6-13(2)7-5-11/h10-12,14H,3-9H2,1-2H3. The van der Waals surface area contributed by atoms with Gasteiger partial charge in [0.05, 0.1) is 0 Å². The Morgan fingerprint density at radius 3 is 2.93 bits per heavy atom. The van der Waals surface area contributed by atoms with Gasteiger partial charge in [0, 0.05) is 19.2 Å². The molecule has 0 spiro atoms. The van der Waals surface area contributed by atoms with Crippen LogP contribution in [-0.4, -0.2) is 49.3 Å². The van der Waals surface area contributed by atoms with Gasteiger partial charge in [0.25, 0.3) is 0 Å². The van der Waals surface area contributed by atoms with Crippen LogP contribution in [0, 0.1) is 5.92 Å². The quantitative estimate of drug-likeness (QED) is 0.701. The number of nitrogens with one attached hydrogen (secondary N) is 1. The van der Waals surface area contributed by atoms with Crippen molar-refractivity contribution in [2.45, 2.75) is 32.2 Å². The lowest BCUT2D eigenvalue weighted by atomic mass is 10.1. The molecule has 0 aromatic rings. The molecule has 1 rings (SSSR count). The van der Waals surface area contributed by atoms with Gasteiger partial charge in [-0.1, -0.05) is 6.92 Å². The smallest absolute Gasteiger partial charge is 0.0468 e. The van der Waals surface area contributed by atoms with Crippen molar-refractivity contribution in [2.24, 2.45) is 5.92 Å². The summed E-state index contributed by atoms with van der Waals surface area (Å²) in [7, 11) is 2.19. The highest BCUT2D eigenvalue weighted by atomic mass is 16.3. The summed E-state index contributed by atoms with van der Waals surface area (Å²) in [5.41, 5.74) is 0. The average molecular weight is 200 g/mol. The van der Waals surface area contributed by atoms with Crippen LogP contribution in [0.5, 0.6) is 0 Å². The van der Waals surface area contributed by atoms with E-state index in [1.165, 1.54) is 32.4 Å². The van der Waals surface area contributed by atoms with E-state index in [0.717, 1.165) is 6.54 Å². The highest BCUT2D eigenvalue weighted by Crippen LogP contribution is 2.09. The molecule has 0 aliphatic carbocycles. The molecule has 0 radical (unpaired) electrons. The zero-order valence-electron chi connectivity index (χ0n) is 9.50. The minimum Gasteiger partial charge on any atom is -0.396 e. The maximum absolute atomic E-state index is 8.91. The van der Waals surface area contributed by atoms with E-state index < -0.39 is 0 Å². The van der Waals surface area contributed by atoms with Crippen LogP contribution in [0.15, 0.2) is 0 Å². The molecule has 2 N–H and O–H groups in total. The molecule has 14 heavy (non-hydrogen) atoms. The van der Waals surface area contributed by atoms with Crippen LogP contribution in [0.3, 0.4) is 0 Å². The normalized spacial score (nSPS) is 27.2. The van der Waals surface area contributed by atoms with Gasteiger partial charge in [-0.15, -0.1) is 0 Å². The number of likely N-dealkylation sites (tertiary alicyclic amines) is 1. The van der Waals surface area contributed by atoms with E-state index >= 15 is 0 Å². The second kappa shape index (κ2) is 6.38. The molecular formula is C11H24N2O. The Kier molecular flexibility index (Phi) is 5.45. The second-order valence-corrected chi connectivity index (χ2v) is 4.63. The Balaban J connectivity index is 2.17. The summed E-state index contributed by atoms with van der Waals surface area (Å²) in [5, 5.41) is 12.5. The number of rotatable bonds is 4. The molecule has 1 heterocycles. The van der Waals surface area contributed by atoms with Crippen LogP contribution in [0.2, 0.25) is 0 Å². The van der Waals surface area contributed by atoms with Gasteiger partial charge in [-0.05, 0) is 45.3 Å². The van der Waals surface area contributed by atoms with Crippen LogP contribution >= 0.6 is 0 Å². The summed E-state index contributed by atoms with van der Waals surface area (Å²) >= 11 is 0. The third-order valence-electron chi connectivity index (χ3n) is 3.02. The van der Waals surface area contributed by atoms with E-state index in [2.05, 4.69) is 24.2 Å². The summed E-state index contributed by atoms with van der Waals surface area (Å²) in [6.45, 7) is 5.75. The van der Waals surface area contributed by atoms with Crippen molar-refractivity contribution in [3.05, 3.63) is 0 Å². The van der Waals surface area contributed by atoms with Crippen molar-refractivity contribution >= 4 is 0 Å². The van der Waals surface area contributed by atoms with E-state index in [0.29, 0.717) is 18.6 Å². The van der Waals surface area contributed by atoms with Gasteiger partial charge in [0.1, 0.15) is 0 Å². The number of aliphatic hydroxyl groups is 1. The van der Waals surface area contributed by atoms with Gasteiger partial charge in [0.15, 0.2) is 0 Å². The van der Waals surface area contributed by atoms with Gasteiger partial charge in [0.2, 0.25) is 0 Å². The highest BCUT2D eigenvalue weighted by molar-refractivity contribution is 4.74. The molecule has 3 heteroatoms. The lowest BCUT2D eigenvalue weighted by Crippen LogP contribution is -2.34. The van der Waals surface area contributed by atoms with E-state index in [4.69, 9.17) is 5.11 Å². The molecule has 1 aliphatic heterocycles. The molecule has 0 bridgehead atoms. The summed E-state index contributed by atoms with van der Waals surface area (Å²) in [6, 6.07) is 0.661. The Bertz CT molecular complexity index is 152. The molecule has 1 fully saturated rings. The fourth-order valence-corrected chi connectivity index (χ4v) is 1.88. The zero-order chi connectivity index (χ0) is 10.4. The number of nitrogens with zero attached hydrogens (tertiary/aromatic N) is 1. The van der Waals surface area contributed by atoms with Crippen LogP contribution in [0.1, 0.15) is 26.2 Å². The molecule has 0 amide bonds. The van der Waals surface area contributed by atoms with Crippen LogP contribution in [-0.2, 0) is 0 Å². The van der Waals surface area contributed by atoms with Crippen LogP contribution in [0.4, 0.5) is 0 Å². The number of aliphatic hydroxyl groups excluding tert-OH is 1. The first-order valence-corrected chi connectivity index (χ1v) is 5.75. The molecule has 1 aliphatic rings. The van der Waals surface area contributed by atoms with Crippen molar-refractivity contribution in [3.63, 3.8) is 0 Å². The minimum absolute atomic E-state index is 0.291. The van der Waals surface area contributed by atoms with Gasteiger partial charge < -0.3 is 15.3 Å². The molecule has 3 nitrogen and oxygen atoms in total. The number of hydrogen-bond acceptors (Lipinski definition) is 3. The first-order chi connectivity index (χ1) is 6.72. The molecule has 1 saturated heterocycles. The molecule has 0 saturated carbocycles. The maximum atomic E-state index is 8.91. The zero-order valence-corrected chi connectivity index (χ0v) is 9.50. The Hall–Kier alpha value is -0.120. The Morgan fingerprint density at radius 1 is 1.43 bits per heavy atom. The topological polar surface area (TPSA) is 35.5 Å². The van der Waals surface area contributed by atoms with E-state index in [9.17, 15) is 0 Å². The van der Waals surface area contributed by atoms with Gasteiger partial charge in [-0.2, -0.15) is 0 Å². The third-order valence-corrected chi connectivity index (χ3v) is 3.02. The molecule has 0 aromatic heterocycles. The predicted molar refractivity (Wildman–Crippen MR) is 59.4 cm³/mol. The van der Waals surface area contributed by atoms with Gasteiger partial charge >= 0.3 is 0 Å². The molecule has 2 unspecified atom stereocenters. The monoisotopic (exact) mass is 200 g/mol. The predicted octanol–water partition coefficient (Wildman–Crippen LogP) is 0.689. The van der Waals surface area contributed by atoms with Gasteiger partial charge in [-0.3, -0.25) is 0 Å². The Labute approximate surface area is 87.5 Å². The van der Waals surface area contributed by atoms with E-state index in [-0.39, 0.29) is 0 Å². The summed E-state index contributed by atoms with van der Waals surface area (Å²) in [5.74, 6) is 0.385. The average Bonchev–Trinajstić information content (AvgIpc) is 2.39. The molecule has 84 valence electrons. The Morgan fingerprint density at radius 2 is 2.21 bits per heavy atom. The van der Waals surface area contributed by atoms with Crippen LogP contribution < -0.4 is 5.32 Å². The van der Waals surface area contributed by atoms with Crippen molar-refractivity contribution in [1.82, 2.24) is 10.2 Å². The summed E-state index contributed by atoms with van der Waals surface area (Å²) in [6.07, 6.45) is 3.82. The lowest BCUT2D eigenvalue weighted by molar-refractivity contribution is 0.228. The molecule has 0 aromatic carbocycles. The van der Waals surface area contributed by atoms with Crippen molar-refractivity contribution in [3.8, 4) is 0 Å². The summed E-state index contributed by atoms with van der Waals surface area (Å²) < 4.78 is 0. The van der Waals surface area contributed by atoms with Crippen molar-refractivity contribution in [1.29, 1.82) is 0 Å². The SMILES string of the molecule is CC(CO)CNC1CCCN(C)CC1. The largest absolute Gasteiger partial charge is 0.396 e. The van der Waals surface area contributed by atoms with E-state index in [1.54, 1.807) is 0 Å². The lowest BCUT2D eigenvalue weighted by Gasteiger charge is -2.18. The first-order valence-electron chi connectivity index (χ1n) is 5.75. The molecule has 2 atom stereocenters. The first kappa shape index (κ1) is 12.0. The number of hydrogen-bond donors (Lipinski definition) is 2. The third kappa shape index (κ3) is 4.40. The fourth-order valence-electron chi connectivity index (χ4n) is 1.88. The maximum Gasteiger partial charge on any atom is 0.0468 e. The van der Waals surface area contributed by atoms with E-state index in [1.807, 2.05) is 0 Å². The van der Waals surface area contributed by atoms with Gasteiger partial charge in [-0.25, -0.2) is 0 Å². The summed E-state index contributed by atoms with van der Waals surface area (Å²) in [4.78, 5) is 2.40. The minimum atomic E-state index is 0.291.